The third-order valence-corrected chi connectivity index (χ3v) is 3.69. The van der Waals surface area contributed by atoms with E-state index in [2.05, 4.69) is 5.32 Å². The summed E-state index contributed by atoms with van der Waals surface area (Å²) in [5.74, 6) is 0.198. The largest absolute Gasteiger partial charge is 0.484 e. The maximum atomic E-state index is 11.2. The van der Waals surface area contributed by atoms with Gasteiger partial charge < -0.3 is 15.2 Å². The zero-order valence-corrected chi connectivity index (χ0v) is 12.5. The summed E-state index contributed by atoms with van der Waals surface area (Å²) in [7, 11) is 0. The summed E-state index contributed by atoms with van der Waals surface area (Å²) in [5.41, 5.74) is -0.180. The average molecular weight is 294 g/mol. The van der Waals surface area contributed by atoms with Crippen LogP contribution in [0.4, 0.5) is 5.69 Å². The van der Waals surface area contributed by atoms with Crippen LogP contribution >= 0.6 is 0 Å². The summed E-state index contributed by atoms with van der Waals surface area (Å²) in [6, 6.07) is 5.51. The van der Waals surface area contributed by atoms with Gasteiger partial charge in [0.2, 0.25) is 0 Å². The quantitative estimate of drug-likeness (QED) is 0.568. The number of nitro benzene ring substituents is 1. The van der Waals surface area contributed by atoms with E-state index in [1.807, 2.05) is 13.0 Å². The third-order valence-electron chi connectivity index (χ3n) is 3.69. The molecule has 116 valence electrons. The van der Waals surface area contributed by atoms with E-state index in [9.17, 15) is 15.2 Å². The normalized spacial score (nSPS) is 17.3. The third kappa shape index (κ3) is 4.68. The van der Waals surface area contributed by atoms with E-state index in [1.165, 1.54) is 18.9 Å². The zero-order valence-electron chi connectivity index (χ0n) is 12.5. The first-order valence-electron chi connectivity index (χ1n) is 7.27. The average Bonchev–Trinajstić information content (AvgIpc) is 3.27. The van der Waals surface area contributed by atoms with Gasteiger partial charge in [-0.1, -0.05) is 13.0 Å². The van der Waals surface area contributed by atoms with E-state index in [0.29, 0.717) is 19.0 Å². The maximum absolute atomic E-state index is 11.2. The van der Waals surface area contributed by atoms with Crippen molar-refractivity contribution in [1.29, 1.82) is 0 Å². The van der Waals surface area contributed by atoms with Crippen LogP contribution in [0.5, 0.6) is 5.75 Å². The van der Waals surface area contributed by atoms with Crippen LogP contribution in [-0.4, -0.2) is 28.3 Å². The molecule has 1 aliphatic carbocycles. The van der Waals surface area contributed by atoms with Gasteiger partial charge in [0.1, 0.15) is 6.61 Å². The molecule has 1 saturated carbocycles. The fraction of sp³-hybridized carbons (Fsp3) is 0.600. The topological polar surface area (TPSA) is 84.6 Å². The summed E-state index contributed by atoms with van der Waals surface area (Å²) < 4.78 is 5.43. The Bertz CT molecular complexity index is 512. The van der Waals surface area contributed by atoms with Crippen LogP contribution in [0, 0.1) is 10.1 Å². The predicted molar refractivity (Wildman–Crippen MR) is 79.4 cm³/mol. The van der Waals surface area contributed by atoms with Crippen molar-refractivity contribution in [3.8, 4) is 5.75 Å². The lowest BCUT2D eigenvalue weighted by Gasteiger charge is -2.21. The molecule has 2 N–H and O–H groups in total. The lowest BCUT2D eigenvalue weighted by atomic mass is 10.1. The number of rotatable bonds is 8. The Morgan fingerprint density at radius 3 is 2.81 bits per heavy atom. The molecule has 6 heteroatoms. The summed E-state index contributed by atoms with van der Waals surface area (Å²) >= 11 is 0. The highest BCUT2D eigenvalue weighted by molar-refractivity contribution is 5.48. The first kappa shape index (κ1) is 15.7. The van der Waals surface area contributed by atoms with E-state index in [1.54, 1.807) is 13.0 Å². The van der Waals surface area contributed by atoms with Crippen molar-refractivity contribution in [1.82, 2.24) is 5.32 Å². The van der Waals surface area contributed by atoms with Gasteiger partial charge in [-0.15, -0.1) is 0 Å². The van der Waals surface area contributed by atoms with Gasteiger partial charge in [0.25, 0.3) is 0 Å². The Kier molecular flexibility index (Phi) is 4.80. The molecule has 1 fully saturated rings. The van der Waals surface area contributed by atoms with Crippen LogP contribution in [0.3, 0.4) is 0 Å². The lowest BCUT2D eigenvalue weighted by molar-refractivity contribution is -0.386. The van der Waals surface area contributed by atoms with Gasteiger partial charge in [-0.05, 0) is 37.8 Å². The SMILES string of the molecule is CCC(C)(O)COc1ccc(CNC2CC2)cc1[N+](=O)[O-]. The number of ether oxygens (including phenoxy) is 1. The smallest absolute Gasteiger partial charge is 0.311 e. The molecule has 0 saturated heterocycles. The lowest BCUT2D eigenvalue weighted by Crippen LogP contribution is -2.31. The molecule has 0 heterocycles. The molecule has 0 aliphatic heterocycles. The second kappa shape index (κ2) is 6.41. The monoisotopic (exact) mass is 294 g/mol. The Balaban J connectivity index is 2.06. The van der Waals surface area contributed by atoms with Crippen molar-refractivity contribution < 1.29 is 14.8 Å². The van der Waals surface area contributed by atoms with Crippen LogP contribution in [0.25, 0.3) is 0 Å². The molecule has 0 aromatic heterocycles. The molecule has 21 heavy (non-hydrogen) atoms. The number of nitrogens with one attached hydrogen (secondary N) is 1. The van der Waals surface area contributed by atoms with E-state index in [4.69, 9.17) is 4.74 Å². The van der Waals surface area contributed by atoms with Gasteiger partial charge >= 0.3 is 5.69 Å². The number of benzene rings is 1. The van der Waals surface area contributed by atoms with Crippen molar-refractivity contribution in [3.63, 3.8) is 0 Å². The molecule has 1 atom stereocenters. The molecular weight excluding hydrogens is 272 g/mol. The van der Waals surface area contributed by atoms with Crippen molar-refractivity contribution in [2.24, 2.45) is 0 Å². The zero-order chi connectivity index (χ0) is 15.5. The minimum Gasteiger partial charge on any atom is -0.484 e. The second-order valence-corrected chi connectivity index (χ2v) is 5.85. The predicted octanol–water partition coefficient (Wildman–Crippen LogP) is 2.39. The molecule has 0 bridgehead atoms. The van der Waals surface area contributed by atoms with Gasteiger partial charge in [-0.2, -0.15) is 0 Å². The molecule has 6 nitrogen and oxygen atoms in total. The summed E-state index contributed by atoms with van der Waals surface area (Å²) in [6.07, 6.45) is 2.87. The molecule has 2 rings (SSSR count). The molecular formula is C15H22N2O4. The van der Waals surface area contributed by atoms with Gasteiger partial charge in [-0.25, -0.2) is 0 Å². The Hall–Kier alpha value is -1.66. The minimum absolute atomic E-state index is 0.0318. The molecule has 0 radical (unpaired) electrons. The van der Waals surface area contributed by atoms with E-state index < -0.39 is 10.5 Å². The highest BCUT2D eigenvalue weighted by Crippen LogP contribution is 2.29. The Labute approximate surface area is 124 Å². The van der Waals surface area contributed by atoms with Crippen LogP contribution in [0.15, 0.2) is 18.2 Å². The number of hydrogen-bond donors (Lipinski definition) is 2. The molecule has 1 aliphatic rings. The number of aliphatic hydroxyl groups is 1. The van der Waals surface area contributed by atoms with Crippen molar-refractivity contribution in [2.45, 2.75) is 51.3 Å². The van der Waals surface area contributed by atoms with Gasteiger partial charge in [0.05, 0.1) is 10.5 Å². The van der Waals surface area contributed by atoms with Gasteiger partial charge in [-0.3, -0.25) is 10.1 Å². The highest BCUT2D eigenvalue weighted by atomic mass is 16.6. The molecule has 1 aromatic carbocycles. The fourth-order valence-electron chi connectivity index (χ4n) is 1.82. The van der Waals surface area contributed by atoms with E-state index in [-0.39, 0.29) is 18.0 Å². The first-order chi connectivity index (χ1) is 9.91. The summed E-state index contributed by atoms with van der Waals surface area (Å²) in [5, 5.41) is 24.4. The van der Waals surface area contributed by atoms with Crippen molar-refractivity contribution in [3.05, 3.63) is 33.9 Å². The molecule has 0 spiro atoms. The van der Waals surface area contributed by atoms with Crippen LogP contribution in [0.1, 0.15) is 38.7 Å². The minimum atomic E-state index is -0.986. The Morgan fingerprint density at radius 1 is 1.52 bits per heavy atom. The number of hydrogen-bond acceptors (Lipinski definition) is 5. The van der Waals surface area contributed by atoms with Crippen molar-refractivity contribution >= 4 is 5.69 Å². The van der Waals surface area contributed by atoms with Gasteiger partial charge in [0.15, 0.2) is 5.75 Å². The second-order valence-electron chi connectivity index (χ2n) is 5.85. The number of nitrogens with zero attached hydrogens (tertiary/aromatic N) is 1. The summed E-state index contributed by atoms with van der Waals surface area (Å²) in [6.45, 7) is 4.14. The Morgan fingerprint density at radius 2 is 2.24 bits per heavy atom. The number of nitro groups is 1. The molecule has 0 amide bonds. The molecule has 1 unspecified atom stereocenters. The maximum Gasteiger partial charge on any atom is 0.311 e. The standard InChI is InChI=1S/C15H22N2O4/c1-3-15(2,18)10-21-14-7-4-11(8-13(14)17(19)20)9-16-12-5-6-12/h4,7-8,12,16,18H,3,5-6,9-10H2,1-2H3. The van der Waals surface area contributed by atoms with Crippen molar-refractivity contribution in [2.75, 3.05) is 6.61 Å². The van der Waals surface area contributed by atoms with Gasteiger partial charge in [0, 0.05) is 18.7 Å². The van der Waals surface area contributed by atoms with Crippen LogP contribution < -0.4 is 10.1 Å². The van der Waals surface area contributed by atoms with Crippen LogP contribution in [0.2, 0.25) is 0 Å². The highest BCUT2D eigenvalue weighted by Gasteiger charge is 2.23. The molecule has 1 aromatic rings. The summed E-state index contributed by atoms with van der Waals surface area (Å²) in [4.78, 5) is 10.7. The van der Waals surface area contributed by atoms with E-state index >= 15 is 0 Å². The fourth-order valence-corrected chi connectivity index (χ4v) is 1.82. The van der Waals surface area contributed by atoms with Crippen LogP contribution in [-0.2, 0) is 6.54 Å². The van der Waals surface area contributed by atoms with E-state index in [0.717, 1.165) is 5.56 Å². The first-order valence-corrected chi connectivity index (χ1v) is 7.27.